The van der Waals surface area contributed by atoms with E-state index >= 15 is 0 Å². The molecule has 0 bridgehead atoms. The molecule has 0 radical (unpaired) electrons. The number of nitrogens with zero attached hydrogens (tertiary/aromatic N) is 1. The molecule has 1 fully saturated rings. The van der Waals surface area contributed by atoms with E-state index in [4.69, 9.17) is 10.2 Å². The summed E-state index contributed by atoms with van der Waals surface area (Å²) in [5.41, 5.74) is 5.57. The lowest BCUT2D eigenvalue weighted by Gasteiger charge is -2.04. The van der Waals surface area contributed by atoms with Gasteiger partial charge in [-0.15, -0.1) is 11.8 Å². The second-order valence-corrected chi connectivity index (χ2v) is 5.05. The third kappa shape index (κ3) is 1.96. The van der Waals surface area contributed by atoms with E-state index in [2.05, 4.69) is 11.9 Å². The fraction of sp³-hybridized carbons (Fsp3) is 0.700. The van der Waals surface area contributed by atoms with Crippen LogP contribution in [-0.4, -0.2) is 17.3 Å². The summed E-state index contributed by atoms with van der Waals surface area (Å²) in [6.07, 6.45) is 4.30. The summed E-state index contributed by atoms with van der Waals surface area (Å²) in [6, 6.07) is 0. The third-order valence-corrected chi connectivity index (χ3v) is 3.95. The van der Waals surface area contributed by atoms with Crippen molar-refractivity contribution in [2.75, 3.05) is 12.3 Å². The molecule has 4 heteroatoms. The Balaban J connectivity index is 2.08. The zero-order chi connectivity index (χ0) is 9.97. The lowest BCUT2D eigenvalue weighted by molar-refractivity contribution is 0.428. The molecule has 1 aliphatic heterocycles. The second-order valence-electron chi connectivity index (χ2n) is 3.74. The van der Waals surface area contributed by atoms with Gasteiger partial charge >= 0.3 is 0 Å². The molecule has 1 saturated heterocycles. The molecule has 0 aliphatic carbocycles. The van der Waals surface area contributed by atoms with E-state index < -0.39 is 0 Å². The molecule has 2 heterocycles. The normalized spacial score (nSPS) is 24.0. The van der Waals surface area contributed by atoms with Crippen molar-refractivity contribution in [2.24, 2.45) is 5.73 Å². The van der Waals surface area contributed by atoms with Gasteiger partial charge in [-0.3, -0.25) is 0 Å². The molecule has 1 aromatic rings. The van der Waals surface area contributed by atoms with Gasteiger partial charge < -0.3 is 10.2 Å². The van der Waals surface area contributed by atoms with Crippen LogP contribution in [0, 0.1) is 0 Å². The maximum atomic E-state index is 5.71. The van der Waals surface area contributed by atoms with Gasteiger partial charge in [0, 0.05) is 12.5 Å². The topological polar surface area (TPSA) is 52.0 Å². The average Bonchev–Trinajstić information content (AvgIpc) is 2.86. The maximum Gasteiger partial charge on any atom is 0.207 e. The average molecular weight is 212 g/mol. The Bertz CT molecular complexity index is 294. The monoisotopic (exact) mass is 212 g/mol. The van der Waals surface area contributed by atoms with E-state index in [0.29, 0.717) is 11.8 Å². The summed E-state index contributed by atoms with van der Waals surface area (Å²) in [4.78, 5) is 4.32. The van der Waals surface area contributed by atoms with Gasteiger partial charge in [0.15, 0.2) is 0 Å². The van der Waals surface area contributed by atoms with Crippen molar-refractivity contribution in [3.63, 3.8) is 0 Å². The predicted octanol–water partition coefficient (Wildman–Crippen LogP) is 2.30. The number of nitrogens with two attached hydrogens (primary N) is 1. The first-order valence-electron chi connectivity index (χ1n) is 5.08. The van der Waals surface area contributed by atoms with Crippen LogP contribution in [0.3, 0.4) is 0 Å². The Hall–Kier alpha value is -0.480. The van der Waals surface area contributed by atoms with E-state index in [-0.39, 0.29) is 5.92 Å². The Morgan fingerprint density at radius 1 is 1.79 bits per heavy atom. The molecule has 3 nitrogen and oxygen atoms in total. The maximum absolute atomic E-state index is 5.71. The molecule has 0 spiro atoms. The van der Waals surface area contributed by atoms with Crippen molar-refractivity contribution in [1.82, 2.24) is 4.98 Å². The van der Waals surface area contributed by atoms with Crippen LogP contribution in [0.25, 0.3) is 0 Å². The Kier molecular flexibility index (Phi) is 3.13. The van der Waals surface area contributed by atoms with E-state index in [9.17, 15) is 0 Å². The summed E-state index contributed by atoms with van der Waals surface area (Å²) in [5, 5.41) is 0.480. The molecular weight excluding hydrogens is 196 g/mol. The van der Waals surface area contributed by atoms with Crippen molar-refractivity contribution in [3.05, 3.63) is 17.8 Å². The van der Waals surface area contributed by atoms with Gasteiger partial charge in [0.2, 0.25) is 5.89 Å². The first-order valence-corrected chi connectivity index (χ1v) is 6.13. The van der Waals surface area contributed by atoms with E-state index in [1.165, 1.54) is 18.6 Å². The van der Waals surface area contributed by atoms with Crippen molar-refractivity contribution in [2.45, 2.75) is 30.9 Å². The van der Waals surface area contributed by atoms with Crippen LogP contribution >= 0.6 is 11.8 Å². The predicted molar refractivity (Wildman–Crippen MR) is 58.4 cm³/mol. The van der Waals surface area contributed by atoms with Gasteiger partial charge in [-0.1, -0.05) is 6.92 Å². The van der Waals surface area contributed by atoms with Crippen molar-refractivity contribution in [3.8, 4) is 0 Å². The first-order chi connectivity index (χ1) is 6.81. The highest BCUT2D eigenvalue weighted by Crippen LogP contribution is 2.39. The largest absolute Gasteiger partial charge is 0.444 e. The van der Waals surface area contributed by atoms with Gasteiger partial charge in [-0.2, -0.15) is 0 Å². The number of oxazole rings is 1. The molecule has 2 N–H and O–H groups in total. The summed E-state index contributed by atoms with van der Waals surface area (Å²) in [5.74, 6) is 3.33. The molecule has 0 amide bonds. The van der Waals surface area contributed by atoms with Crippen LogP contribution in [0.15, 0.2) is 10.6 Å². The SMILES string of the molecule is CC(CN)c1cnc(C2CCCS2)o1. The van der Waals surface area contributed by atoms with Crippen molar-refractivity contribution >= 4 is 11.8 Å². The number of hydrogen-bond acceptors (Lipinski definition) is 4. The molecule has 1 aromatic heterocycles. The minimum atomic E-state index is 0.280. The lowest BCUT2D eigenvalue weighted by atomic mass is 10.1. The molecule has 2 atom stereocenters. The minimum absolute atomic E-state index is 0.280. The van der Waals surface area contributed by atoms with Gasteiger partial charge in [0.25, 0.3) is 0 Å². The molecule has 2 rings (SSSR count). The summed E-state index contributed by atoms with van der Waals surface area (Å²) in [6.45, 7) is 2.68. The molecule has 0 aromatic carbocycles. The number of thioether (sulfide) groups is 1. The first kappa shape index (κ1) is 10.1. The van der Waals surface area contributed by atoms with Crippen LogP contribution in [0.5, 0.6) is 0 Å². The van der Waals surface area contributed by atoms with E-state index in [0.717, 1.165) is 11.7 Å². The summed E-state index contributed by atoms with van der Waals surface area (Å²) < 4.78 is 5.71. The van der Waals surface area contributed by atoms with Crippen molar-refractivity contribution in [1.29, 1.82) is 0 Å². The zero-order valence-corrected chi connectivity index (χ0v) is 9.22. The van der Waals surface area contributed by atoms with Crippen LogP contribution in [0.2, 0.25) is 0 Å². The zero-order valence-electron chi connectivity index (χ0n) is 8.40. The van der Waals surface area contributed by atoms with Gasteiger partial charge in [0.05, 0.1) is 11.4 Å². The molecule has 14 heavy (non-hydrogen) atoms. The van der Waals surface area contributed by atoms with Gasteiger partial charge in [-0.25, -0.2) is 4.98 Å². The van der Waals surface area contributed by atoms with E-state index in [1.807, 2.05) is 18.0 Å². The van der Waals surface area contributed by atoms with Gasteiger partial charge in [-0.05, 0) is 18.6 Å². The Morgan fingerprint density at radius 3 is 3.29 bits per heavy atom. The summed E-state index contributed by atoms with van der Waals surface area (Å²) in [7, 11) is 0. The van der Waals surface area contributed by atoms with Crippen LogP contribution in [0.1, 0.15) is 42.6 Å². The molecule has 0 saturated carbocycles. The smallest absolute Gasteiger partial charge is 0.207 e. The highest BCUT2D eigenvalue weighted by Gasteiger charge is 2.23. The number of aromatic nitrogens is 1. The number of rotatable bonds is 3. The summed E-state index contributed by atoms with van der Waals surface area (Å²) >= 11 is 1.94. The number of hydrogen-bond donors (Lipinski definition) is 1. The quantitative estimate of drug-likeness (QED) is 0.835. The third-order valence-electron chi connectivity index (χ3n) is 2.59. The molecule has 1 aliphatic rings. The Morgan fingerprint density at radius 2 is 2.64 bits per heavy atom. The minimum Gasteiger partial charge on any atom is -0.444 e. The van der Waals surface area contributed by atoms with Crippen LogP contribution in [0.4, 0.5) is 0 Å². The standard InChI is InChI=1S/C10H16N2OS/c1-7(5-11)8-6-12-10(13-8)9-3-2-4-14-9/h6-7,9H,2-5,11H2,1H3. The molecular formula is C10H16N2OS. The highest BCUT2D eigenvalue weighted by molar-refractivity contribution is 7.99. The molecule has 2 unspecified atom stereocenters. The van der Waals surface area contributed by atoms with Crippen molar-refractivity contribution < 1.29 is 4.42 Å². The Labute approximate surface area is 88.5 Å². The highest BCUT2D eigenvalue weighted by atomic mass is 32.2. The van der Waals surface area contributed by atoms with Crippen LogP contribution < -0.4 is 5.73 Å². The fourth-order valence-corrected chi connectivity index (χ4v) is 2.77. The lowest BCUT2D eigenvalue weighted by Crippen LogP contribution is -2.07. The van der Waals surface area contributed by atoms with E-state index in [1.54, 1.807) is 0 Å². The van der Waals surface area contributed by atoms with Crippen LogP contribution in [-0.2, 0) is 0 Å². The fourth-order valence-electron chi connectivity index (χ4n) is 1.57. The molecule has 78 valence electrons. The van der Waals surface area contributed by atoms with Gasteiger partial charge in [0.1, 0.15) is 5.76 Å². The second kappa shape index (κ2) is 4.36.